The van der Waals surface area contributed by atoms with Gasteiger partial charge in [0, 0.05) is 12.7 Å². The van der Waals surface area contributed by atoms with Gasteiger partial charge in [0.05, 0.1) is 4.47 Å². The Hall–Kier alpha value is -0.390. The number of hydrogen-bond donors (Lipinski definition) is 1. The van der Waals surface area contributed by atoms with Crippen LogP contribution in [0.15, 0.2) is 10.7 Å². The van der Waals surface area contributed by atoms with Crippen molar-refractivity contribution in [1.82, 2.24) is 14.9 Å². The van der Waals surface area contributed by atoms with Crippen LogP contribution in [0.25, 0.3) is 0 Å². The van der Waals surface area contributed by atoms with Crippen molar-refractivity contribution >= 4 is 33.3 Å². The second kappa shape index (κ2) is 6.25. The van der Waals surface area contributed by atoms with Gasteiger partial charge in [0.25, 0.3) is 0 Å². The van der Waals surface area contributed by atoms with Crippen molar-refractivity contribution in [1.29, 1.82) is 0 Å². The Kier molecular flexibility index (Phi) is 5.28. The molecule has 0 aliphatic rings. The SMILES string of the molecule is CN(C)CCCNc1nc(Cl)ncc1Br. The van der Waals surface area contributed by atoms with E-state index in [0.717, 1.165) is 29.8 Å². The monoisotopic (exact) mass is 292 g/mol. The first-order chi connectivity index (χ1) is 7.09. The zero-order valence-electron chi connectivity index (χ0n) is 8.80. The number of nitrogens with zero attached hydrogens (tertiary/aromatic N) is 3. The summed E-state index contributed by atoms with van der Waals surface area (Å²) in [7, 11) is 4.11. The van der Waals surface area contributed by atoms with Gasteiger partial charge in [-0.2, -0.15) is 4.98 Å². The van der Waals surface area contributed by atoms with Gasteiger partial charge in [0.15, 0.2) is 0 Å². The molecule has 0 aliphatic heterocycles. The first kappa shape index (κ1) is 12.7. The summed E-state index contributed by atoms with van der Waals surface area (Å²) < 4.78 is 0.830. The van der Waals surface area contributed by atoms with Gasteiger partial charge < -0.3 is 10.2 Å². The Morgan fingerprint density at radius 3 is 2.93 bits per heavy atom. The molecule has 0 saturated heterocycles. The van der Waals surface area contributed by atoms with Crippen molar-refractivity contribution in [3.63, 3.8) is 0 Å². The van der Waals surface area contributed by atoms with E-state index in [9.17, 15) is 0 Å². The maximum absolute atomic E-state index is 5.69. The second-order valence-corrected chi connectivity index (χ2v) is 4.61. The molecule has 0 spiro atoms. The largest absolute Gasteiger partial charge is 0.369 e. The smallest absolute Gasteiger partial charge is 0.224 e. The Bertz CT molecular complexity index is 319. The van der Waals surface area contributed by atoms with E-state index in [1.807, 2.05) is 0 Å². The van der Waals surface area contributed by atoms with E-state index in [4.69, 9.17) is 11.6 Å². The fourth-order valence-corrected chi connectivity index (χ4v) is 1.54. The van der Waals surface area contributed by atoms with Crippen molar-refractivity contribution in [3.8, 4) is 0 Å². The van der Waals surface area contributed by atoms with E-state index in [1.54, 1.807) is 6.20 Å². The van der Waals surface area contributed by atoms with Gasteiger partial charge in [-0.25, -0.2) is 4.98 Å². The lowest BCUT2D eigenvalue weighted by Crippen LogP contribution is -2.16. The van der Waals surface area contributed by atoms with Crippen molar-refractivity contribution in [2.24, 2.45) is 0 Å². The van der Waals surface area contributed by atoms with E-state index >= 15 is 0 Å². The molecule has 6 heteroatoms. The average molecular weight is 294 g/mol. The standard InChI is InChI=1S/C9H14BrClN4/c1-15(2)5-3-4-12-8-7(10)6-13-9(11)14-8/h6H,3-5H2,1-2H3,(H,12,13,14). The molecule has 1 aromatic heterocycles. The third-order valence-electron chi connectivity index (χ3n) is 1.79. The fourth-order valence-electron chi connectivity index (χ4n) is 1.07. The van der Waals surface area contributed by atoms with Crippen LogP contribution in [0.4, 0.5) is 5.82 Å². The molecule has 0 bridgehead atoms. The van der Waals surface area contributed by atoms with Crippen molar-refractivity contribution < 1.29 is 0 Å². The second-order valence-electron chi connectivity index (χ2n) is 3.42. The van der Waals surface area contributed by atoms with Gasteiger partial charge in [0.1, 0.15) is 5.82 Å². The molecule has 1 rings (SSSR count). The van der Waals surface area contributed by atoms with Gasteiger partial charge in [-0.15, -0.1) is 0 Å². The summed E-state index contributed by atoms with van der Waals surface area (Å²) in [5, 5.41) is 3.46. The van der Waals surface area contributed by atoms with Crippen LogP contribution in [0.3, 0.4) is 0 Å². The summed E-state index contributed by atoms with van der Waals surface area (Å²) in [5.74, 6) is 0.744. The Morgan fingerprint density at radius 2 is 2.27 bits per heavy atom. The Labute approximate surface area is 103 Å². The summed E-state index contributed by atoms with van der Waals surface area (Å²) in [6.45, 7) is 1.91. The zero-order valence-corrected chi connectivity index (χ0v) is 11.1. The summed E-state index contributed by atoms with van der Waals surface area (Å²) >= 11 is 9.04. The summed E-state index contributed by atoms with van der Waals surface area (Å²) in [4.78, 5) is 10.1. The van der Waals surface area contributed by atoms with Crippen LogP contribution in [-0.2, 0) is 0 Å². The minimum Gasteiger partial charge on any atom is -0.369 e. The molecule has 0 atom stereocenters. The molecule has 0 aromatic carbocycles. The van der Waals surface area contributed by atoms with Crippen LogP contribution < -0.4 is 5.32 Å². The molecule has 1 heterocycles. The maximum Gasteiger partial charge on any atom is 0.224 e. The van der Waals surface area contributed by atoms with Gasteiger partial charge in [-0.05, 0) is 54.6 Å². The molecule has 0 saturated carbocycles. The minimum absolute atomic E-state index is 0.258. The van der Waals surface area contributed by atoms with Crippen LogP contribution in [0, 0.1) is 0 Å². The van der Waals surface area contributed by atoms with Crippen LogP contribution >= 0.6 is 27.5 Å². The van der Waals surface area contributed by atoms with Gasteiger partial charge >= 0.3 is 0 Å². The number of anilines is 1. The molecular weight excluding hydrogens is 279 g/mol. The van der Waals surface area contributed by atoms with Gasteiger partial charge in [-0.1, -0.05) is 0 Å². The van der Waals surface area contributed by atoms with Crippen LogP contribution in [-0.4, -0.2) is 42.1 Å². The van der Waals surface area contributed by atoms with Crippen LogP contribution in [0.1, 0.15) is 6.42 Å². The van der Waals surface area contributed by atoms with Crippen LogP contribution in [0.5, 0.6) is 0 Å². The van der Waals surface area contributed by atoms with Gasteiger partial charge in [-0.3, -0.25) is 0 Å². The molecule has 0 radical (unpaired) electrons. The molecular formula is C9H14BrClN4. The summed E-state index contributed by atoms with van der Waals surface area (Å²) in [6, 6.07) is 0. The minimum atomic E-state index is 0.258. The number of halogens is 2. The first-order valence-electron chi connectivity index (χ1n) is 4.66. The first-order valence-corrected chi connectivity index (χ1v) is 5.83. The molecule has 0 unspecified atom stereocenters. The number of nitrogens with one attached hydrogen (secondary N) is 1. The molecule has 4 nitrogen and oxygen atoms in total. The number of hydrogen-bond acceptors (Lipinski definition) is 4. The van der Waals surface area contributed by atoms with E-state index in [-0.39, 0.29) is 5.28 Å². The van der Waals surface area contributed by atoms with E-state index in [1.165, 1.54) is 0 Å². The molecule has 0 amide bonds. The summed E-state index contributed by atoms with van der Waals surface area (Å²) in [5.41, 5.74) is 0. The highest BCUT2D eigenvalue weighted by atomic mass is 79.9. The molecule has 1 N–H and O–H groups in total. The van der Waals surface area contributed by atoms with Crippen molar-refractivity contribution in [3.05, 3.63) is 16.0 Å². The molecule has 0 fully saturated rings. The highest BCUT2D eigenvalue weighted by Crippen LogP contribution is 2.19. The third-order valence-corrected chi connectivity index (χ3v) is 2.55. The predicted molar refractivity (Wildman–Crippen MR) is 66.4 cm³/mol. The van der Waals surface area contributed by atoms with Crippen LogP contribution in [0.2, 0.25) is 5.28 Å². The fraction of sp³-hybridized carbons (Fsp3) is 0.556. The normalized spacial score (nSPS) is 10.7. The molecule has 1 aromatic rings. The van der Waals surface area contributed by atoms with Crippen molar-refractivity contribution in [2.75, 3.05) is 32.5 Å². The number of aromatic nitrogens is 2. The highest BCUT2D eigenvalue weighted by Gasteiger charge is 2.02. The quantitative estimate of drug-likeness (QED) is 0.668. The Balaban J connectivity index is 2.40. The lowest BCUT2D eigenvalue weighted by Gasteiger charge is -2.10. The van der Waals surface area contributed by atoms with E-state index in [2.05, 4.69) is 50.2 Å². The molecule has 84 valence electrons. The van der Waals surface area contributed by atoms with E-state index < -0.39 is 0 Å². The van der Waals surface area contributed by atoms with E-state index in [0.29, 0.717) is 0 Å². The van der Waals surface area contributed by atoms with Gasteiger partial charge in [0.2, 0.25) is 5.28 Å². The lowest BCUT2D eigenvalue weighted by molar-refractivity contribution is 0.405. The third kappa shape index (κ3) is 4.77. The molecule has 0 aliphatic carbocycles. The lowest BCUT2D eigenvalue weighted by atomic mass is 10.4. The predicted octanol–water partition coefficient (Wildman–Crippen LogP) is 2.26. The molecule has 15 heavy (non-hydrogen) atoms. The summed E-state index contributed by atoms with van der Waals surface area (Å²) in [6.07, 6.45) is 2.70. The van der Waals surface area contributed by atoms with Crippen molar-refractivity contribution in [2.45, 2.75) is 6.42 Å². The topological polar surface area (TPSA) is 41.0 Å². The number of rotatable bonds is 5. The zero-order chi connectivity index (χ0) is 11.3. The average Bonchev–Trinajstić information content (AvgIpc) is 2.17. The Morgan fingerprint density at radius 1 is 1.53 bits per heavy atom. The highest BCUT2D eigenvalue weighted by molar-refractivity contribution is 9.10. The maximum atomic E-state index is 5.69.